The molecule has 2 rings (SSSR count). The summed E-state index contributed by atoms with van der Waals surface area (Å²) in [6.45, 7) is 6.49. The molecule has 1 atom stereocenters. The van der Waals surface area contributed by atoms with Gasteiger partial charge in [-0.1, -0.05) is 35.9 Å². The molecule has 106 valence electrons. The molecular formula is C18H22ClN. The van der Waals surface area contributed by atoms with Gasteiger partial charge >= 0.3 is 0 Å². The maximum Gasteiger partial charge on any atom is 0.0408 e. The first-order valence-electron chi connectivity index (χ1n) is 7.01. The molecule has 2 aromatic rings. The first-order chi connectivity index (χ1) is 9.52. The third kappa shape index (κ3) is 3.23. The van der Waals surface area contributed by atoms with Crippen molar-refractivity contribution in [2.24, 2.45) is 0 Å². The average molecular weight is 288 g/mol. The summed E-state index contributed by atoms with van der Waals surface area (Å²) in [4.78, 5) is 0. The zero-order valence-electron chi connectivity index (χ0n) is 12.6. The van der Waals surface area contributed by atoms with Gasteiger partial charge in [-0.15, -0.1) is 0 Å². The van der Waals surface area contributed by atoms with E-state index >= 15 is 0 Å². The fourth-order valence-electron chi connectivity index (χ4n) is 2.77. The fraction of sp³-hybridized carbons (Fsp3) is 0.333. The molecular weight excluding hydrogens is 266 g/mol. The highest BCUT2D eigenvalue weighted by Crippen LogP contribution is 2.26. The van der Waals surface area contributed by atoms with Gasteiger partial charge in [-0.25, -0.2) is 0 Å². The molecule has 0 saturated carbocycles. The van der Waals surface area contributed by atoms with E-state index in [1.807, 2.05) is 19.2 Å². The van der Waals surface area contributed by atoms with E-state index < -0.39 is 0 Å². The molecule has 0 spiro atoms. The first-order valence-corrected chi connectivity index (χ1v) is 7.39. The third-order valence-electron chi connectivity index (χ3n) is 4.01. The summed E-state index contributed by atoms with van der Waals surface area (Å²) in [6, 6.07) is 12.9. The highest BCUT2D eigenvalue weighted by molar-refractivity contribution is 6.30. The normalized spacial score (nSPS) is 12.4. The molecule has 0 saturated heterocycles. The Morgan fingerprint density at radius 3 is 2.20 bits per heavy atom. The number of likely N-dealkylation sites (N-methyl/N-ethyl adjacent to an activating group) is 1. The van der Waals surface area contributed by atoms with Crippen LogP contribution >= 0.6 is 11.6 Å². The number of halogens is 1. The van der Waals surface area contributed by atoms with E-state index in [1.165, 1.54) is 27.8 Å². The van der Waals surface area contributed by atoms with Gasteiger partial charge in [0.05, 0.1) is 0 Å². The largest absolute Gasteiger partial charge is 0.313 e. The SMILES string of the molecule is CNC(Cc1c(C)cccc1C)c1ccc(Cl)cc1C. The van der Waals surface area contributed by atoms with Gasteiger partial charge in [0.1, 0.15) is 0 Å². The minimum atomic E-state index is 0.312. The molecule has 0 amide bonds. The van der Waals surface area contributed by atoms with Gasteiger partial charge in [-0.3, -0.25) is 0 Å². The summed E-state index contributed by atoms with van der Waals surface area (Å²) in [7, 11) is 2.02. The second-order valence-electron chi connectivity index (χ2n) is 5.42. The summed E-state index contributed by atoms with van der Waals surface area (Å²) in [5, 5.41) is 4.24. The molecule has 0 radical (unpaired) electrons. The predicted molar refractivity (Wildman–Crippen MR) is 87.6 cm³/mol. The van der Waals surface area contributed by atoms with Crippen LogP contribution in [0.2, 0.25) is 5.02 Å². The summed E-state index contributed by atoms with van der Waals surface area (Å²) in [5.74, 6) is 0. The Bertz CT molecular complexity index is 584. The van der Waals surface area contributed by atoms with Crippen molar-refractivity contribution in [3.8, 4) is 0 Å². The highest BCUT2D eigenvalue weighted by Gasteiger charge is 2.15. The van der Waals surface area contributed by atoms with E-state index in [-0.39, 0.29) is 0 Å². The molecule has 0 bridgehead atoms. The second-order valence-corrected chi connectivity index (χ2v) is 5.85. The molecule has 1 nitrogen and oxygen atoms in total. The molecule has 0 heterocycles. The standard InChI is InChI=1S/C18H22ClN/c1-12-6-5-7-13(2)17(12)11-18(20-4)16-9-8-15(19)10-14(16)3/h5-10,18,20H,11H2,1-4H3. The summed E-state index contributed by atoms with van der Waals surface area (Å²) < 4.78 is 0. The van der Waals surface area contributed by atoms with E-state index in [1.54, 1.807) is 0 Å². The van der Waals surface area contributed by atoms with Crippen LogP contribution in [0, 0.1) is 20.8 Å². The van der Waals surface area contributed by atoms with Crippen LogP contribution < -0.4 is 5.32 Å². The Kier molecular flexibility index (Phi) is 4.85. The minimum Gasteiger partial charge on any atom is -0.313 e. The van der Waals surface area contributed by atoms with Crippen molar-refractivity contribution >= 4 is 11.6 Å². The zero-order valence-corrected chi connectivity index (χ0v) is 13.4. The maximum absolute atomic E-state index is 6.06. The van der Waals surface area contributed by atoms with Crippen molar-refractivity contribution in [3.05, 3.63) is 69.2 Å². The van der Waals surface area contributed by atoms with Gasteiger partial charge in [-0.2, -0.15) is 0 Å². The summed E-state index contributed by atoms with van der Waals surface area (Å²) in [5.41, 5.74) is 6.71. The maximum atomic E-state index is 6.06. The number of hydrogen-bond acceptors (Lipinski definition) is 1. The number of rotatable bonds is 4. The van der Waals surface area contributed by atoms with Gasteiger partial charge in [0.2, 0.25) is 0 Å². The van der Waals surface area contributed by atoms with Crippen LogP contribution in [0.25, 0.3) is 0 Å². The van der Waals surface area contributed by atoms with Crippen molar-refractivity contribution < 1.29 is 0 Å². The van der Waals surface area contributed by atoms with Gasteiger partial charge < -0.3 is 5.32 Å². The van der Waals surface area contributed by atoms with E-state index in [2.05, 4.69) is 50.4 Å². The van der Waals surface area contributed by atoms with E-state index in [9.17, 15) is 0 Å². The lowest BCUT2D eigenvalue weighted by Gasteiger charge is -2.21. The van der Waals surface area contributed by atoms with Crippen LogP contribution in [-0.2, 0) is 6.42 Å². The quantitative estimate of drug-likeness (QED) is 0.854. The Morgan fingerprint density at radius 1 is 1.00 bits per heavy atom. The zero-order chi connectivity index (χ0) is 14.7. The fourth-order valence-corrected chi connectivity index (χ4v) is 3.00. The molecule has 0 aliphatic rings. The smallest absolute Gasteiger partial charge is 0.0408 e. The molecule has 0 fully saturated rings. The number of nitrogens with one attached hydrogen (secondary N) is 1. The van der Waals surface area contributed by atoms with Gasteiger partial charge in [-0.05, 0) is 74.2 Å². The van der Waals surface area contributed by atoms with E-state index in [0.717, 1.165) is 11.4 Å². The molecule has 20 heavy (non-hydrogen) atoms. The van der Waals surface area contributed by atoms with Crippen molar-refractivity contribution in [2.45, 2.75) is 33.2 Å². The lowest BCUT2D eigenvalue weighted by Crippen LogP contribution is -2.20. The van der Waals surface area contributed by atoms with Crippen LogP contribution in [-0.4, -0.2) is 7.05 Å². The van der Waals surface area contributed by atoms with E-state index in [0.29, 0.717) is 6.04 Å². The topological polar surface area (TPSA) is 12.0 Å². The van der Waals surface area contributed by atoms with Crippen LogP contribution in [0.3, 0.4) is 0 Å². The lowest BCUT2D eigenvalue weighted by atomic mass is 9.91. The molecule has 1 N–H and O–H groups in total. The molecule has 0 aromatic heterocycles. The van der Waals surface area contributed by atoms with Gasteiger partial charge in [0, 0.05) is 11.1 Å². The van der Waals surface area contributed by atoms with Crippen LogP contribution in [0.15, 0.2) is 36.4 Å². The van der Waals surface area contributed by atoms with Gasteiger partial charge in [0.25, 0.3) is 0 Å². The van der Waals surface area contributed by atoms with E-state index in [4.69, 9.17) is 11.6 Å². The Hall–Kier alpha value is -1.31. The summed E-state index contributed by atoms with van der Waals surface area (Å²) in [6.07, 6.45) is 0.997. The third-order valence-corrected chi connectivity index (χ3v) is 4.24. The van der Waals surface area contributed by atoms with Gasteiger partial charge in [0.15, 0.2) is 0 Å². The molecule has 2 aromatic carbocycles. The average Bonchev–Trinajstić information content (AvgIpc) is 2.40. The molecule has 1 unspecified atom stereocenters. The Labute approximate surface area is 127 Å². The number of hydrogen-bond donors (Lipinski definition) is 1. The number of aryl methyl sites for hydroxylation is 3. The Balaban J connectivity index is 2.34. The number of benzene rings is 2. The van der Waals surface area contributed by atoms with Crippen molar-refractivity contribution in [1.82, 2.24) is 5.32 Å². The first kappa shape index (κ1) is 15.1. The second kappa shape index (κ2) is 6.43. The molecule has 2 heteroatoms. The van der Waals surface area contributed by atoms with Crippen LogP contribution in [0.1, 0.15) is 33.9 Å². The van der Waals surface area contributed by atoms with Crippen LogP contribution in [0.5, 0.6) is 0 Å². The Morgan fingerprint density at radius 2 is 1.65 bits per heavy atom. The lowest BCUT2D eigenvalue weighted by molar-refractivity contribution is 0.586. The van der Waals surface area contributed by atoms with Crippen molar-refractivity contribution in [2.75, 3.05) is 7.05 Å². The molecule has 0 aliphatic heterocycles. The highest BCUT2D eigenvalue weighted by atomic mass is 35.5. The van der Waals surface area contributed by atoms with Crippen molar-refractivity contribution in [3.63, 3.8) is 0 Å². The minimum absolute atomic E-state index is 0.312. The molecule has 0 aliphatic carbocycles. The van der Waals surface area contributed by atoms with Crippen molar-refractivity contribution in [1.29, 1.82) is 0 Å². The summed E-state index contributed by atoms with van der Waals surface area (Å²) >= 11 is 6.06. The van der Waals surface area contributed by atoms with Crippen LogP contribution in [0.4, 0.5) is 0 Å². The predicted octanol–water partition coefficient (Wildman–Crippen LogP) is 4.77. The monoisotopic (exact) mass is 287 g/mol.